The molecule has 0 aromatic heterocycles. The Kier molecular flexibility index (Phi) is 6.08. The fraction of sp³-hybridized carbons (Fsp3) is 0.462. The Morgan fingerprint density at radius 1 is 1.47 bits per heavy atom. The third kappa shape index (κ3) is 5.24. The number of amides is 1. The van der Waals surface area contributed by atoms with E-state index in [0.29, 0.717) is 11.7 Å². The van der Waals surface area contributed by atoms with Crippen molar-refractivity contribution < 1.29 is 4.79 Å². The maximum atomic E-state index is 11.0. The first-order chi connectivity index (χ1) is 8.13. The van der Waals surface area contributed by atoms with Crippen LogP contribution in [0.25, 0.3) is 0 Å². The molecule has 3 N–H and O–H groups in total. The maximum Gasteiger partial charge on any atom is 0.233 e. The molecule has 17 heavy (non-hydrogen) atoms. The number of carbonyl (C=O) groups is 1. The van der Waals surface area contributed by atoms with Gasteiger partial charge in [0.05, 0.1) is 0 Å². The predicted molar refractivity (Wildman–Crippen MR) is 73.5 cm³/mol. The van der Waals surface area contributed by atoms with Gasteiger partial charge in [-0.15, -0.1) is 0 Å². The molecule has 0 saturated carbocycles. The molecule has 0 aliphatic rings. The van der Waals surface area contributed by atoms with Crippen molar-refractivity contribution in [3.05, 3.63) is 35.4 Å². The van der Waals surface area contributed by atoms with E-state index in [1.165, 1.54) is 11.1 Å². The second-order valence-electron chi connectivity index (χ2n) is 4.15. The Balaban J connectivity index is 2.31. The number of hydrogen-bond donors (Lipinski definition) is 2. The van der Waals surface area contributed by atoms with Crippen LogP contribution in [0.4, 0.5) is 0 Å². The normalized spacial score (nSPS) is 12.2. The van der Waals surface area contributed by atoms with Crippen molar-refractivity contribution in [2.24, 2.45) is 5.84 Å². The van der Waals surface area contributed by atoms with Gasteiger partial charge < -0.3 is 0 Å². The van der Waals surface area contributed by atoms with E-state index < -0.39 is 0 Å². The first kappa shape index (κ1) is 14.1. The topological polar surface area (TPSA) is 55.1 Å². The van der Waals surface area contributed by atoms with E-state index in [-0.39, 0.29) is 5.91 Å². The van der Waals surface area contributed by atoms with Gasteiger partial charge in [-0.3, -0.25) is 10.2 Å². The number of nitrogens with two attached hydrogens (primary N) is 1. The minimum absolute atomic E-state index is 0.0895. The van der Waals surface area contributed by atoms with Gasteiger partial charge in [-0.2, -0.15) is 11.8 Å². The van der Waals surface area contributed by atoms with E-state index >= 15 is 0 Å². The van der Waals surface area contributed by atoms with Crippen LogP contribution >= 0.6 is 11.8 Å². The summed E-state index contributed by atoms with van der Waals surface area (Å²) in [5.74, 6) is 5.95. The van der Waals surface area contributed by atoms with Crippen LogP contribution in [0, 0.1) is 6.92 Å². The second kappa shape index (κ2) is 7.35. The highest BCUT2D eigenvalue weighted by atomic mass is 32.2. The molecule has 0 heterocycles. The zero-order chi connectivity index (χ0) is 12.7. The van der Waals surface area contributed by atoms with Crippen molar-refractivity contribution in [1.82, 2.24) is 5.43 Å². The number of nitrogens with one attached hydrogen (secondary N) is 1. The summed E-state index contributed by atoms with van der Waals surface area (Å²) >= 11 is 1.88. The summed E-state index contributed by atoms with van der Waals surface area (Å²) < 4.78 is 0. The summed E-state index contributed by atoms with van der Waals surface area (Å²) in [6, 6.07) is 8.40. The van der Waals surface area contributed by atoms with E-state index in [0.717, 1.165) is 12.2 Å². The molecular formula is C13H20N2OS. The molecule has 1 rings (SSSR count). The largest absolute Gasteiger partial charge is 0.294 e. The molecule has 0 aliphatic heterocycles. The fourth-order valence-electron chi connectivity index (χ4n) is 1.49. The molecule has 0 fully saturated rings. The van der Waals surface area contributed by atoms with Crippen LogP contribution in [0.15, 0.2) is 24.3 Å². The highest BCUT2D eigenvalue weighted by Gasteiger charge is 2.07. The van der Waals surface area contributed by atoms with Gasteiger partial charge in [0.15, 0.2) is 0 Å². The summed E-state index contributed by atoms with van der Waals surface area (Å²) in [6.07, 6.45) is 1.36. The fourth-order valence-corrected chi connectivity index (χ4v) is 2.57. The molecule has 0 aliphatic carbocycles. The molecular weight excluding hydrogens is 232 g/mol. The Bertz CT molecular complexity index is 368. The lowest BCUT2D eigenvalue weighted by atomic mass is 10.1. The molecule has 1 aromatic rings. The third-order valence-corrected chi connectivity index (χ3v) is 4.01. The van der Waals surface area contributed by atoms with Gasteiger partial charge in [-0.1, -0.05) is 31.2 Å². The smallest absolute Gasteiger partial charge is 0.233 e. The van der Waals surface area contributed by atoms with Gasteiger partial charge in [0.2, 0.25) is 5.91 Å². The zero-order valence-corrected chi connectivity index (χ0v) is 11.2. The number of aryl methyl sites for hydroxylation is 1. The van der Waals surface area contributed by atoms with Crippen LogP contribution in [0.3, 0.4) is 0 Å². The van der Waals surface area contributed by atoms with Gasteiger partial charge in [-0.05, 0) is 24.5 Å². The Morgan fingerprint density at radius 2 is 2.18 bits per heavy atom. The number of hydrogen-bond acceptors (Lipinski definition) is 3. The van der Waals surface area contributed by atoms with Crippen molar-refractivity contribution in [3.8, 4) is 0 Å². The molecule has 0 bridgehead atoms. The Morgan fingerprint density at radius 3 is 2.82 bits per heavy atom. The van der Waals surface area contributed by atoms with Crippen molar-refractivity contribution in [2.75, 3.05) is 0 Å². The van der Waals surface area contributed by atoms with Crippen LogP contribution in [0.1, 0.15) is 30.9 Å². The summed E-state index contributed by atoms with van der Waals surface area (Å²) in [7, 11) is 0. The van der Waals surface area contributed by atoms with Crippen LogP contribution in [0.2, 0.25) is 0 Å². The summed E-state index contributed by atoms with van der Waals surface area (Å²) in [6.45, 7) is 4.27. The molecule has 1 unspecified atom stereocenters. The van der Waals surface area contributed by atoms with E-state index in [1.807, 2.05) is 11.8 Å². The molecule has 1 atom stereocenters. The van der Waals surface area contributed by atoms with E-state index in [2.05, 4.69) is 43.5 Å². The SMILES string of the molecule is Cc1ccccc1CSC(C)CCC(=O)NN. The summed E-state index contributed by atoms with van der Waals surface area (Å²) in [5, 5.41) is 0.465. The monoisotopic (exact) mass is 252 g/mol. The first-order valence-electron chi connectivity index (χ1n) is 5.79. The molecule has 1 amide bonds. The number of hydrazine groups is 1. The molecule has 1 aromatic carbocycles. The molecule has 4 heteroatoms. The average Bonchev–Trinajstić information content (AvgIpc) is 2.35. The maximum absolute atomic E-state index is 11.0. The average molecular weight is 252 g/mol. The van der Waals surface area contributed by atoms with Crippen LogP contribution in [-0.4, -0.2) is 11.2 Å². The van der Waals surface area contributed by atoms with Gasteiger partial charge in [-0.25, -0.2) is 5.84 Å². The third-order valence-electron chi connectivity index (χ3n) is 2.72. The molecule has 0 radical (unpaired) electrons. The number of rotatable bonds is 6. The summed E-state index contributed by atoms with van der Waals surface area (Å²) in [5.41, 5.74) is 4.85. The van der Waals surface area contributed by atoms with Crippen molar-refractivity contribution in [1.29, 1.82) is 0 Å². The van der Waals surface area contributed by atoms with Gasteiger partial charge in [0, 0.05) is 17.4 Å². The number of thioether (sulfide) groups is 1. The molecule has 0 spiro atoms. The lowest BCUT2D eigenvalue weighted by Crippen LogP contribution is -2.30. The standard InChI is InChI=1S/C13H20N2OS/c1-10-5-3-4-6-12(10)9-17-11(2)7-8-13(16)15-14/h3-6,11H,7-9,14H2,1-2H3,(H,15,16). The molecule has 0 saturated heterocycles. The van der Waals surface area contributed by atoms with Crippen molar-refractivity contribution in [3.63, 3.8) is 0 Å². The van der Waals surface area contributed by atoms with Crippen LogP contribution < -0.4 is 11.3 Å². The van der Waals surface area contributed by atoms with E-state index in [1.54, 1.807) is 0 Å². The van der Waals surface area contributed by atoms with E-state index in [9.17, 15) is 4.79 Å². The Labute approximate surface area is 107 Å². The first-order valence-corrected chi connectivity index (χ1v) is 6.84. The number of benzene rings is 1. The highest BCUT2D eigenvalue weighted by Crippen LogP contribution is 2.22. The molecule has 3 nitrogen and oxygen atoms in total. The quantitative estimate of drug-likeness (QED) is 0.464. The predicted octanol–water partition coefficient (Wildman–Crippen LogP) is 2.39. The van der Waals surface area contributed by atoms with Gasteiger partial charge in [0.1, 0.15) is 0 Å². The van der Waals surface area contributed by atoms with E-state index in [4.69, 9.17) is 5.84 Å². The lowest BCUT2D eigenvalue weighted by Gasteiger charge is -2.11. The minimum Gasteiger partial charge on any atom is -0.294 e. The van der Waals surface area contributed by atoms with Gasteiger partial charge >= 0.3 is 0 Å². The zero-order valence-electron chi connectivity index (χ0n) is 10.4. The number of carbonyl (C=O) groups excluding carboxylic acids is 1. The highest BCUT2D eigenvalue weighted by molar-refractivity contribution is 7.99. The summed E-state index contributed by atoms with van der Waals surface area (Å²) in [4.78, 5) is 11.0. The van der Waals surface area contributed by atoms with Gasteiger partial charge in [0.25, 0.3) is 0 Å². The van der Waals surface area contributed by atoms with Crippen LogP contribution in [-0.2, 0) is 10.5 Å². The van der Waals surface area contributed by atoms with Crippen LogP contribution in [0.5, 0.6) is 0 Å². The van der Waals surface area contributed by atoms with Crippen molar-refractivity contribution >= 4 is 17.7 Å². The minimum atomic E-state index is -0.0895. The lowest BCUT2D eigenvalue weighted by molar-refractivity contribution is -0.121. The van der Waals surface area contributed by atoms with Crippen molar-refractivity contribution in [2.45, 2.75) is 37.7 Å². The molecule has 94 valence electrons. The Hall–Kier alpha value is -1.00. The second-order valence-corrected chi connectivity index (χ2v) is 5.58.